The summed E-state index contributed by atoms with van der Waals surface area (Å²) in [5, 5.41) is 0. The van der Waals surface area contributed by atoms with Gasteiger partial charge in [-0.25, -0.2) is 4.98 Å². The van der Waals surface area contributed by atoms with E-state index in [9.17, 15) is 0 Å². The number of hydrogen-bond donors (Lipinski definition) is 1. The van der Waals surface area contributed by atoms with Crippen molar-refractivity contribution < 1.29 is 4.74 Å². The smallest absolute Gasteiger partial charge is 0.133 e. The van der Waals surface area contributed by atoms with E-state index in [2.05, 4.69) is 27.1 Å². The van der Waals surface area contributed by atoms with Crippen LogP contribution in [0, 0.1) is 0 Å². The van der Waals surface area contributed by atoms with E-state index >= 15 is 0 Å². The Morgan fingerprint density at radius 3 is 2.35 bits per heavy atom. The zero-order valence-electron chi connectivity index (χ0n) is 14.6. The highest BCUT2D eigenvalue weighted by atomic mass is 16.5. The SMILES string of the molecule is CC.CC(C)(C)OCc1nc2ccc(-c3ccncc3)cc2[nH]1. The quantitative estimate of drug-likeness (QED) is 0.743. The summed E-state index contributed by atoms with van der Waals surface area (Å²) in [5.41, 5.74) is 4.12. The van der Waals surface area contributed by atoms with Gasteiger partial charge in [0.05, 0.1) is 16.6 Å². The zero-order valence-corrected chi connectivity index (χ0v) is 14.6. The second-order valence-electron chi connectivity index (χ2n) is 6.05. The van der Waals surface area contributed by atoms with Gasteiger partial charge in [-0.3, -0.25) is 4.98 Å². The summed E-state index contributed by atoms with van der Waals surface area (Å²) in [6.45, 7) is 10.6. The fourth-order valence-electron chi connectivity index (χ4n) is 2.14. The lowest BCUT2D eigenvalue weighted by Crippen LogP contribution is -2.19. The average Bonchev–Trinajstić information content (AvgIpc) is 2.97. The van der Waals surface area contributed by atoms with Gasteiger partial charge in [0, 0.05) is 12.4 Å². The molecule has 0 amide bonds. The molecule has 2 aromatic heterocycles. The molecule has 0 fully saturated rings. The highest BCUT2D eigenvalue weighted by Gasteiger charge is 2.12. The van der Waals surface area contributed by atoms with E-state index in [0.29, 0.717) is 6.61 Å². The number of ether oxygens (including phenoxy) is 1. The van der Waals surface area contributed by atoms with Gasteiger partial charge in [0.1, 0.15) is 12.4 Å². The summed E-state index contributed by atoms with van der Waals surface area (Å²) in [4.78, 5) is 11.9. The Hall–Kier alpha value is -2.20. The molecule has 3 rings (SSSR count). The largest absolute Gasteiger partial charge is 0.368 e. The molecule has 0 radical (unpaired) electrons. The van der Waals surface area contributed by atoms with Crippen molar-refractivity contribution in [3.05, 3.63) is 48.5 Å². The summed E-state index contributed by atoms with van der Waals surface area (Å²) in [5.74, 6) is 0.854. The van der Waals surface area contributed by atoms with E-state index in [1.165, 1.54) is 0 Å². The maximum atomic E-state index is 5.76. The molecule has 122 valence electrons. The minimum Gasteiger partial charge on any atom is -0.368 e. The third-order valence-electron chi connectivity index (χ3n) is 3.19. The number of aromatic amines is 1. The Labute approximate surface area is 137 Å². The van der Waals surface area contributed by atoms with Gasteiger partial charge in [-0.2, -0.15) is 0 Å². The van der Waals surface area contributed by atoms with Crippen molar-refractivity contribution in [2.75, 3.05) is 0 Å². The highest BCUT2D eigenvalue weighted by molar-refractivity contribution is 5.81. The molecule has 4 nitrogen and oxygen atoms in total. The maximum absolute atomic E-state index is 5.76. The molecule has 0 spiro atoms. The number of aromatic nitrogens is 3. The number of benzene rings is 1. The van der Waals surface area contributed by atoms with Crippen molar-refractivity contribution in [1.82, 2.24) is 15.0 Å². The second-order valence-corrected chi connectivity index (χ2v) is 6.05. The van der Waals surface area contributed by atoms with E-state index in [1.54, 1.807) is 12.4 Å². The number of H-pyrrole nitrogens is 1. The second kappa shape index (κ2) is 7.38. The lowest BCUT2D eigenvalue weighted by atomic mass is 10.1. The van der Waals surface area contributed by atoms with Gasteiger partial charge in [0.25, 0.3) is 0 Å². The van der Waals surface area contributed by atoms with Crippen molar-refractivity contribution in [2.24, 2.45) is 0 Å². The molecule has 3 aromatic rings. The lowest BCUT2D eigenvalue weighted by Gasteiger charge is -2.18. The van der Waals surface area contributed by atoms with E-state index in [0.717, 1.165) is 28.0 Å². The highest BCUT2D eigenvalue weighted by Crippen LogP contribution is 2.23. The molecule has 1 N–H and O–H groups in total. The predicted molar refractivity (Wildman–Crippen MR) is 95.2 cm³/mol. The molecule has 0 aliphatic carbocycles. The Morgan fingerprint density at radius 1 is 1.00 bits per heavy atom. The van der Waals surface area contributed by atoms with Crippen molar-refractivity contribution in [1.29, 1.82) is 0 Å². The van der Waals surface area contributed by atoms with E-state index in [1.807, 2.05) is 52.8 Å². The zero-order chi connectivity index (χ0) is 16.9. The minimum atomic E-state index is -0.166. The summed E-state index contributed by atoms with van der Waals surface area (Å²) in [6, 6.07) is 10.2. The topological polar surface area (TPSA) is 50.8 Å². The summed E-state index contributed by atoms with van der Waals surface area (Å²) in [7, 11) is 0. The number of fused-ring (bicyclic) bond motifs is 1. The first-order chi connectivity index (χ1) is 11.0. The van der Waals surface area contributed by atoms with Gasteiger partial charge >= 0.3 is 0 Å². The summed E-state index contributed by atoms with van der Waals surface area (Å²) < 4.78 is 5.76. The molecule has 23 heavy (non-hydrogen) atoms. The van der Waals surface area contributed by atoms with Crippen LogP contribution < -0.4 is 0 Å². The van der Waals surface area contributed by atoms with Crippen molar-refractivity contribution in [3.63, 3.8) is 0 Å². The van der Waals surface area contributed by atoms with Crippen molar-refractivity contribution in [2.45, 2.75) is 46.8 Å². The van der Waals surface area contributed by atoms with Gasteiger partial charge in [0.2, 0.25) is 0 Å². The molecular formula is C19H25N3O. The maximum Gasteiger partial charge on any atom is 0.133 e. The molecule has 0 saturated heterocycles. The van der Waals surface area contributed by atoms with Crippen LogP contribution in [0.2, 0.25) is 0 Å². The van der Waals surface area contributed by atoms with E-state index in [4.69, 9.17) is 4.74 Å². The minimum absolute atomic E-state index is 0.166. The van der Waals surface area contributed by atoms with Gasteiger partial charge < -0.3 is 9.72 Å². The van der Waals surface area contributed by atoms with Crippen LogP contribution in [0.5, 0.6) is 0 Å². The number of hydrogen-bond acceptors (Lipinski definition) is 3. The summed E-state index contributed by atoms with van der Waals surface area (Å²) >= 11 is 0. The van der Waals surface area contributed by atoms with Gasteiger partial charge in [-0.05, 0) is 56.2 Å². The normalized spacial score (nSPS) is 11.2. The molecule has 0 unspecified atom stereocenters. The van der Waals surface area contributed by atoms with Crippen LogP contribution in [0.25, 0.3) is 22.2 Å². The molecule has 0 atom stereocenters. The number of pyridine rings is 1. The lowest BCUT2D eigenvalue weighted by molar-refractivity contribution is -0.0177. The van der Waals surface area contributed by atoms with E-state index < -0.39 is 0 Å². The molecule has 1 aromatic carbocycles. The van der Waals surface area contributed by atoms with Crippen LogP contribution in [0.15, 0.2) is 42.7 Å². The van der Waals surface area contributed by atoms with Gasteiger partial charge in [0.15, 0.2) is 0 Å². The Balaban J connectivity index is 0.000000924. The Kier molecular flexibility index (Phi) is 5.50. The third-order valence-corrected chi connectivity index (χ3v) is 3.19. The molecule has 2 heterocycles. The first-order valence-corrected chi connectivity index (χ1v) is 8.04. The fraction of sp³-hybridized carbons (Fsp3) is 0.368. The Bertz CT molecular complexity index is 742. The molecular weight excluding hydrogens is 286 g/mol. The average molecular weight is 311 g/mol. The van der Waals surface area contributed by atoms with Crippen LogP contribution in [-0.4, -0.2) is 20.6 Å². The number of nitrogens with zero attached hydrogens (tertiary/aromatic N) is 2. The predicted octanol–water partition coefficient (Wildman–Crippen LogP) is 4.97. The van der Waals surface area contributed by atoms with E-state index in [-0.39, 0.29) is 5.60 Å². The monoisotopic (exact) mass is 311 g/mol. The number of rotatable bonds is 3. The number of nitrogens with one attached hydrogen (secondary N) is 1. The Morgan fingerprint density at radius 2 is 1.70 bits per heavy atom. The number of imidazole rings is 1. The van der Waals surface area contributed by atoms with Crippen LogP contribution in [0.1, 0.15) is 40.4 Å². The van der Waals surface area contributed by atoms with Crippen LogP contribution in [0.3, 0.4) is 0 Å². The standard InChI is InChI=1S/C17H19N3O.C2H6/c1-17(2,3)21-11-16-19-14-5-4-13(10-15(14)20-16)12-6-8-18-9-7-12;1-2/h4-10H,11H2,1-3H3,(H,19,20);1-2H3. The molecule has 4 heteroatoms. The molecule has 0 bridgehead atoms. The van der Waals surface area contributed by atoms with Gasteiger partial charge in [-0.1, -0.05) is 19.9 Å². The molecule has 0 aliphatic rings. The molecule has 0 saturated carbocycles. The van der Waals surface area contributed by atoms with Gasteiger partial charge in [-0.15, -0.1) is 0 Å². The summed E-state index contributed by atoms with van der Waals surface area (Å²) in [6.07, 6.45) is 3.60. The van der Waals surface area contributed by atoms with Crippen molar-refractivity contribution in [3.8, 4) is 11.1 Å². The van der Waals surface area contributed by atoms with Crippen LogP contribution >= 0.6 is 0 Å². The third kappa shape index (κ3) is 4.63. The van der Waals surface area contributed by atoms with Crippen LogP contribution in [-0.2, 0) is 11.3 Å². The first-order valence-electron chi connectivity index (χ1n) is 8.04. The van der Waals surface area contributed by atoms with Crippen molar-refractivity contribution >= 4 is 11.0 Å². The van der Waals surface area contributed by atoms with Crippen LogP contribution in [0.4, 0.5) is 0 Å². The molecule has 0 aliphatic heterocycles. The fourth-order valence-corrected chi connectivity index (χ4v) is 2.14. The first kappa shape index (κ1) is 17.2.